The lowest BCUT2D eigenvalue weighted by atomic mass is 9.95. The Kier molecular flexibility index (Phi) is 7.96. The zero-order chi connectivity index (χ0) is 33.0. The second-order valence-electron chi connectivity index (χ2n) is 12.4. The number of nitriles is 1. The Labute approximate surface area is 273 Å². The number of hydrogen-bond acceptors (Lipinski definition) is 9. The number of likely N-dealkylation sites (tertiary alicyclic amines) is 1. The summed E-state index contributed by atoms with van der Waals surface area (Å²) in [6.45, 7) is 7.28. The van der Waals surface area contributed by atoms with E-state index in [0.717, 1.165) is 30.7 Å². The first-order valence-electron chi connectivity index (χ1n) is 15.7. The summed E-state index contributed by atoms with van der Waals surface area (Å²) in [5.41, 5.74) is 5.90. The number of nitrogen functional groups attached to an aromatic ring is 1. The van der Waals surface area contributed by atoms with Crippen LogP contribution in [0.1, 0.15) is 44.6 Å². The van der Waals surface area contributed by atoms with E-state index in [4.69, 9.17) is 15.2 Å². The Bertz CT molecular complexity index is 1960. The third kappa shape index (κ3) is 5.14. The monoisotopic (exact) mass is 662 g/mol. The van der Waals surface area contributed by atoms with Gasteiger partial charge in [0, 0.05) is 36.9 Å². The van der Waals surface area contributed by atoms with Crippen LogP contribution in [-0.4, -0.2) is 75.8 Å². The van der Waals surface area contributed by atoms with Crippen molar-refractivity contribution in [2.75, 3.05) is 32.0 Å². The lowest BCUT2D eigenvalue weighted by Crippen LogP contribution is -2.43. The van der Waals surface area contributed by atoms with Crippen LogP contribution in [0.2, 0.25) is 0 Å². The van der Waals surface area contributed by atoms with Crippen LogP contribution in [0.15, 0.2) is 36.9 Å². The summed E-state index contributed by atoms with van der Waals surface area (Å²) >= 11 is 0.930. The van der Waals surface area contributed by atoms with Gasteiger partial charge in [-0.1, -0.05) is 25.6 Å². The van der Waals surface area contributed by atoms with E-state index in [1.54, 1.807) is 11.0 Å². The van der Waals surface area contributed by atoms with Crippen molar-refractivity contribution in [2.45, 2.75) is 62.9 Å². The fourth-order valence-electron chi connectivity index (χ4n) is 7.63. The maximum absolute atomic E-state index is 16.7. The summed E-state index contributed by atoms with van der Waals surface area (Å²) in [5, 5.41) is 10.4. The second-order valence-corrected chi connectivity index (χ2v) is 13.5. The molecule has 244 valence electrons. The van der Waals surface area contributed by atoms with E-state index in [0.29, 0.717) is 32.4 Å². The van der Waals surface area contributed by atoms with Gasteiger partial charge in [0.25, 0.3) is 0 Å². The number of carbonyl (C=O) groups is 1. The van der Waals surface area contributed by atoms with Crippen molar-refractivity contribution >= 4 is 43.2 Å². The predicted molar refractivity (Wildman–Crippen MR) is 173 cm³/mol. The molecule has 2 aromatic heterocycles. The number of thiophene rings is 1. The molecule has 0 spiro atoms. The van der Waals surface area contributed by atoms with Gasteiger partial charge in [-0.25, -0.2) is 13.2 Å². The Morgan fingerprint density at radius 1 is 1.26 bits per heavy atom. The van der Waals surface area contributed by atoms with Crippen LogP contribution in [0.4, 0.5) is 18.2 Å². The minimum absolute atomic E-state index is 0.0725. The standard InChI is InChI=1S/C34H33F3N6O3S/c1-3-24-25(10-13-43(24)26(44)4-2)46-32-21-7-6-20(19-8-9-23(36)30-27(19)22(15-38)31(39)47-30)28(37)29(21)40-33(41-32)45-17-34-11-5-12-42(34)16-18(35)14-34/h4,6-9,18,24-25H,2-3,5,10-14,16-17,39H2,1H3. The van der Waals surface area contributed by atoms with Gasteiger partial charge in [-0.15, -0.1) is 11.3 Å². The molecule has 0 bridgehead atoms. The van der Waals surface area contributed by atoms with Crippen molar-refractivity contribution in [3.05, 3.63) is 54.1 Å². The average molecular weight is 663 g/mol. The van der Waals surface area contributed by atoms with E-state index < -0.39 is 29.4 Å². The summed E-state index contributed by atoms with van der Waals surface area (Å²) in [7, 11) is 0. The summed E-state index contributed by atoms with van der Waals surface area (Å²) in [5.74, 6) is -1.42. The van der Waals surface area contributed by atoms with E-state index in [-0.39, 0.29) is 73.1 Å². The fourth-order valence-corrected chi connectivity index (χ4v) is 8.58. The molecule has 4 unspecified atom stereocenters. The minimum atomic E-state index is -0.957. The highest BCUT2D eigenvalue weighted by molar-refractivity contribution is 7.23. The third-order valence-corrected chi connectivity index (χ3v) is 10.9. The lowest BCUT2D eigenvalue weighted by molar-refractivity contribution is -0.127. The van der Waals surface area contributed by atoms with Crippen LogP contribution >= 0.6 is 11.3 Å². The molecule has 0 aliphatic carbocycles. The van der Waals surface area contributed by atoms with Crippen molar-refractivity contribution in [1.29, 1.82) is 5.26 Å². The number of halogens is 3. The number of ether oxygens (including phenoxy) is 2. The predicted octanol–water partition coefficient (Wildman–Crippen LogP) is 6.14. The molecule has 1 amide bonds. The molecule has 3 aliphatic heterocycles. The molecule has 4 aromatic rings. The third-order valence-electron chi connectivity index (χ3n) is 9.83. The largest absolute Gasteiger partial charge is 0.471 e. The zero-order valence-electron chi connectivity index (χ0n) is 25.8. The van der Waals surface area contributed by atoms with Crippen molar-refractivity contribution in [3.8, 4) is 29.1 Å². The summed E-state index contributed by atoms with van der Waals surface area (Å²) in [4.78, 5) is 25.4. The molecule has 3 saturated heterocycles. The summed E-state index contributed by atoms with van der Waals surface area (Å²) in [6, 6.07) is 7.42. The normalized spacial score (nSPS) is 24.1. The van der Waals surface area contributed by atoms with Crippen LogP contribution in [0.5, 0.6) is 11.9 Å². The molecule has 2 N–H and O–H groups in total. The van der Waals surface area contributed by atoms with Crippen LogP contribution in [-0.2, 0) is 4.79 Å². The van der Waals surface area contributed by atoms with Gasteiger partial charge in [-0.2, -0.15) is 15.2 Å². The maximum atomic E-state index is 16.7. The van der Waals surface area contributed by atoms with Gasteiger partial charge in [0.05, 0.1) is 27.2 Å². The quantitative estimate of drug-likeness (QED) is 0.224. The van der Waals surface area contributed by atoms with E-state index in [2.05, 4.69) is 21.4 Å². The van der Waals surface area contributed by atoms with Crippen LogP contribution in [0.3, 0.4) is 0 Å². The van der Waals surface area contributed by atoms with Crippen molar-refractivity contribution in [1.82, 2.24) is 19.8 Å². The second kappa shape index (κ2) is 12.0. The number of anilines is 1. The van der Waals surface area contributed by atoms with E-state index in [1.807, 2.05) is 13.0 Å². The minimum Gasteiger partial charge on any atom is -0.471 e. The van der Waals surface area contributed by atoms with Gasteiger partial charge in [-0.3, -0.25) is 9.69 Å². The average Bonchev–Trinajstić information content (AvgIpc) is 3.81. The van der Waals surface area contributed by atoms with Crippen LogP contribution in [0.25, 0.3) is 32.1 Å². The van der Waals surface area contributed by atoms with Gasteiger partial charge >= 0.3 is 6.01 Å². The number of amides is 1. The Morgan fingerprint density at radius 3 is 2.83 bits per heavy atom. The number of aromatic nitrogens is 2. The van der Waals surface area contributed by atoms with Crippen LogP contribution < -0.4 is 15.2 Å². The molecule has 9 nitrogen and oxygen atoms in total. The zero-order valence-corrected chi connectivity index (χ0v) is 26.6. The number of benzene rings is 2. The van der Waals surface area contributed by atoms with Gasteiger partial charge in [0.15, 0.2) is 5.82 Å². The van der Waals surface area contributed by atoms with Crippen molar-refractivity contribution in [3.63, 3.8) is 0 Å². The number of nitrogens with zero attached hydrogens (tertiary/aromatic N) is 5. The number of carbonyl (C=O) groups excluding carboxylic acids is 1. The molecule has 4 atom stereocenters. The lowest BCUT2D eigenvalue weighted by Gasteiger charge is -2.31. The Hall–Kier alpha value is -4.41. The van der Waals surface area contributed by atoms with Gasteiger partial charge in [0.2, 0.25) is 11.8 Å². The molecule has 7 rings (SSSR count). The number of hydrogen-bond donors (Lipinski definition) is 1. The van der Waals surface area contributed by atoms with Gasteiger partial charge in [0.1, 0.15) is 41.3 Å². The molecule has 47 heavy (non-hydrogen) atoms. The molecule has 3 fully saturated rings. The highest BCUT2D eigenvalue weighted by Crippen LogP contribution is 2.44. The number of rotatable bonds is 8. The summed E-state index contributed by atoms with van der Waals surface area (Å²) in [6.07, 6.45) is 3.04. The molecular weight excluding hydrogens is 629 g/mol. The molecule has 0 radical (unpaired) electrons. The number of alkyl halides is 1. The highest BCUT2D eigenvalue weighted by Gasteiger charge is 2.49. The highest BCUT2D eigenvalue weighted by atomic mass is 32.1. The van der Waals surface area contributed by atoms with Crippen molar-refractivity contribution < 1.29 is 27.4 Å². The topological polar surface area (TPSA) is 118 Å². The first-order chi connectivity index (χ1) is 22.7. The van der Waals surface area contributed by atoms with Gasteiger partial charge in [-0.05, 0) is 49.6 Å². The fraction of sp³-hybridized carbons (Fsp3) is 0.412. The molecular formula is C34H33F3N6O3S. The van der Waals surface area contributed by atoms with Crippen LogP contribution in [0, 0.1) is 23.0 Å². The Balaban J connectivity index is 1.33. The molecule has 13 heteroatoms. The maximum Gasteiger partial charge on any atom is 0.320 e. The number of fused-ring (bicyclic) bond motifs is 3. The molecule has 2 aromatic carbocycles. The molecule has 5 heterocycles. The summed E-state index contributed by atoms with van der Waals surface area (Å²) < 4.78 is 58.8. The first kappa shape index (κ1) is 31.2. The smallest absolute Gasteiger partial charge is 0.320 e. The molecule has 0 saturated carbocycles. The van der Waals surface area contributed by atoms with E-state index in [1.165, 1.54) is 24.3 Å². The molecule has 3 aliphatic rings. The Morgan fingerprint density at radius 2 is 2.06 bits per heavy atom. The first-order valence-corrected chi connectivity index (χ1v) is 16.5. The number of nitrogens with two attached hydrogens (primary N) is 1. The van der Waals surface area contributed by atoms with E-state index in [9.17, 15) is 18.8 Å². The SMILES string of the molecule is C=CC(=O)N1CCC(Oc2nc(OCC34CCCN3CC(F)C4)nc3c(F)c(-c4ccc(F)c5sc(N)c(C#N)c45)ccc23)C1CC. The van der Waals surface area contributed by atoms with Crippen molar-refractivity contribution in [2.24, 2.45) is 0 Å². The van der Waals surface area contributed by atoms with E-state index >= 15 is 4.39 Å². The van der Waals surface area contributed by atoms with Gasteiger partial charge < -0.3 is 20.1 Å².